The molecule has 6 rings (SSSR count). The van der Waals surface area contributed by atoms with Crippen molar-refractivity contribution < 1.29 is 62.2 Å². The lowest BCUT2D eigenvalue weighted by Gasteiger charge is -2.33. The van der Waals surface area contributed by atoms with E-state index in [1.807, 2.05) is 0 Å². The van der Waals surface area contributed by atoms with Crippen molar-refractivity contribution >= 4 is 31.2 Å². The molecule has 16 heteroatoms. The molecule has 4 aromatic carbocycles. The highest BCUT2D eigenvalue weighted by atomic mass is 32.2. The van der Waals surface area contributed by atoms with E-state index in [2.05, 4.69) is 0 Å². The Morgan fingerprint density at radius 2 is 0.750 bits per heavy atom. The zero-order chi connectivity index (χ0) is 35.1. The Hall–Kier alpha value is -4.70. The van der Waals surface area contributed by atoms with Crippen LogP contribution in [-0.2, 0) is 19.7 Å². The minimum Gasteiger partial charge on any atom is -0.478 e. The molecule has 0 unspecified atom stereocenters. The summed E-state index contributed by atoms with van der Waals surface area (Å²) in [6.07, 6.45) is -15.6. The van der Waals surface area contributed by atoms with E-state index in [0.29, 0.717) is 0 Å². The molecule has 2 heterocycles. The lowest BCUT2D eigenvalue weighted by Crippen LogP contribution is -2.54. The first-order chi connectivity index (χ1) is 22.5. The Balaban J connectivity index is 0.000000188. The fourth-order valence-corrected chi connectivity index (χ4v) is 8.67. The molecular weight excluding hydrogens is 690 g/mol. The zero-order valence-corrected chi connectivity index (χ0v) is 25.7. The van der Waals surface area contributed by atoms with Crippen LogP contribution in [0.15, 0.2) is 119 Å². The molecule has 0 aromatic heterocycles. The Labute approximate surface area is 269 Å². The molecule has 4 aromatic rings. The molecule has 252 valence electrons. The van der Waals surface area contributed by atoms with Crippen LogP contribution in [0.2, 0.25) is 0 Å². The highest BCUT2D eigenvalue weighted by molar-refractivity contribution is 7.93. The molecule has 0 aliphatic carbocycles. The van der Waals surface area contributed by atoms with Gasteiger partial charge in [-0.05, 0) is 48.5 Å². The van der Waals surface area contributed by atoms with Gasteiger partial charge < -0.3 is 9.47 Å². The van der Waals surface area contributed by atoms with Crippen LogP contribution >= 0.6 is 0 Å². The average molecular weight is 713 g/mol. The van der Waals surface area contributed by atoms with Gasteiger partial charge in [0.1, 0.15) is 11.5 Å². The van der Waals surface area contributed by atoms with Crippen molar-refractivity contribution in [3.05, 3.63) is 120 Å². The number of benzene rings is 4. The standard InChI is InChI=1S/2C16H11F3O4S/c2*17-16(18,19)15-14(24(21,22)10-6-2-1-3-7-10)13(20)11-8-4-5-9-12(11)23-15/h2*1-9,14-15H/t2*14-,15-/m10/s1. The van der Waals surface area contributed by atoms with E-state index in [0.717, 1.165) is 24.3 Å². The fraction of sp³-hybridized carbons (Fsp3) is 0.188. The smallest absolute Gasteiger partial charge is 0.427 e. The topological polar surface area (TPSA) is 121 Å². The molecule has 0 saturated heterocycles. The molecule has 4 atom stereocenters. The Morgan fingerprint density at radius 3 is 1.06 bits per heavy atom. The lowest BCUT2D eigenvalue weighted by atomic mass is 10.00. The summed E-state index contributed by atoms with van der Waals surface area (Å²) in [6, 6.07) is 23.7. The van der Waals surface area contributed by atoms with Crippen molar-refractivity contribution in [1.29, 1.82) is 0 Å². The van der Waals surface area contributed by atoms with Crippen LogP contribution in [0.3, 0.4) is 0 Å². The van der Waals surface area contributed by atoms with Gasteiger partial charge in [-0.25, -0.2) is 16.8 Å². The summed E-state index contributed by atoms with van der Waals surface area (Å²) >= 11 is 0. The molecule has 0 radical (unpaired) electrons. The molecule has 48 heavy (non-hydrogen) atoms. The van der Waals surface area contributed by atoms with Crippen molar-refractivity contribution in [3.8, 4) is 11.5 Å². The maximum Gasteiger partial charge on any atom is 0.427 e. The Kier molecular flexibility index (Phi) is 9.18. The van der Waals surface area contributed by atoms with Gasteiger partial charge in [-0.15, -0.1) is 0 Å². The first-order valence-corrected chi connectivity index (χ1v) is 16.9. The molecule has 0 saturated carbocycles. The van der Waals surface area contributed by atoms with Gasteiger partial charge in [0.15, 0.2) is 41.7 Å². The highest BCUT2D eigenvalue weighted by Crippen LogP contribution is 2.41. The SMILES string of the molecule is O=C1c2ccccc2O[C@@H](C(F)(F)F)[C@@H]1S(=O)(=O)c1ccccc1.O=C1c2ccccc2O[C@H](C(F)(F)F)[C@H]1S(=O)(=O)c1ccccc1. The number of carbonyl (C=O) groups is 2. The monoisotopic (exact) mass is 712 g/mol. The molecule has 8 nitrogen and oxygen atoms in total. The van der Waals surface area contributed by atoms with Gasteiger partial charge in [-0.3, -0.25) is 9.59 Å². The predicted molar refractivity (Wildman–Crippen MR) is 157 cm³/mol. The van der Waals surface area contributed by atoms with Crippen LogP contribution in [0.4, 0.5) is 26.3 Å². The number of ether oxygens (including phenoxy) is 2. The van der Waals surface area contributed by atoms with E-state index >= 15 is 0 Å². The number of ketones is 2. The number of sulfone groups is 2. The molecular formula is C32H22F6O8S2. The molecule has 0 spiro atoms. The number of alkyl halides is 6. The molecule has 2 aliphatic heterocycles. The van der Waals surface area contributed by atoms with E-state index in [1.165, 1.54) is 84.9 Å². The van der Waals surface area contributed by atoms with Crippen molar-refractivity contribution in [1.82, 2.24) is 0 Å². The molecule has 0 fully saturated rings. The minimum atomic E-state index is -5.02. The summed E-state index contributed by atoms with van der Waals surface area (Å²) in [4.78, 5) is 24.3. The Bertz CT molecular complexity index is 1900. The van der Waals surface area contributed by atoms with Gasteiger partial charge in [0.2, 0.25) is 12.2 Å². The number of carbonyl (C=O) groups excluding carboxylic acids is 2. The maximum absolute atomic E-state index is 13.4. The summed E-state index contributed by atoms with van der Waals surface area (Å²) in [7, 11) is -9.16. The Morgan fingerprint density at radius 1 is 0.458 bits per heavy atom. The maximum atomic E-state index is 13.4. The van der Waals surface area contributed by atoms with Crippen LogP contribution in [0, 0.1) is 0 Å². The average Bonchev–Trinajstić information content (AvgIpc) is 3.05. The first-order valence-electron chi connectivity index (χ1n) is 13.8. The number of halogens is 6. The third-order valence-electron chi connectivity index (χ3n) is 7.34. The summed E-state index contributed by atoms with van der Waals surface area (Å²) in [5, 5.41) is -4.76. The molecule has 2 aliphatic rings. The van der Waals surface area contributed by atoms with Gasteiger partial charge in [0, 0.05) is 0 Å². The number of para-hydroxylation sites is 2. The molecule has 0 N–H and O–H groups in total. The summed E-state index contributed by atoms with van der Waals surface area (Å²) in [5.41, 5.74) is -0.356. The number of fused-ring (bicyclic) bond motifs is 2. The second kappa shape index (κ2) is 12.7. The normalized spacial score (nSPS) is 21.0. The van der Waals surface area contributed by atoms with Crippen molar-refractivity contribution in [2.75, 3.05) is 0 Å². The van der Waals surface area contributed by atoms with E-state index in [-0.39, 0.29) is 32.4 Å². The third kappa shape index (κ3) is 6.54. The van der Waals surface area contributed by atoms with Crippen molar-refractivity contribution in [2.24, 2.45) is 0 Å². The molecule has 0 amide bonds. The van der Waals surface area contributed by atoms with Gasteiger partial charge in [0.05, 0.1) is 20.9 Å². The number of rotatable bonds is 4. The van der Waals surface area contributed by atoms with Crippen LogP contribution < -0.4 is 9.47 Å². The highest BCUT2D eigenvalue weighted by Gasteiger charge is 2.59. The second-order valence-electron chi connectivity index (χ2n) is 10.4. The number of Topliss-reactive ketones (excluding diaryl/α,β-unsaturated/α-hetero) is 2. The largest absolute Gasteiger partial charge is 0.478 e. The number of hydrogen-bond donors (Lipinski definition) is 0. The second-order valence-corrected chi connectivity index (χ2v) is 14.6. The van der Waals surface area contributed by atoms with E-state index in [4.69, 9.17) is 9.47 Å². The van der Waals surface area contributed by atoms with Crippen molar-refractivity contribution in [2.45, 2.75) is 44.9 Å². The van der Waals surface area contributed by atoms with Crippen LogP contribution in [0.1, 0.15) is 20.7 Å². The first kappa shape index (κ1) is 34.6. The fourth-order valence-electron chi connectivity index (χ4n) is 5.12. The third-order valence-corrected chi connectivity index (χ3v) is 11.5. The minimum absolute atomic E-state index is 0.178. The predicted octanol–water partition coefficient (Wildman–Crippen LogP) is 6.07. The lowest BCUT2D eigenvalue weighted by molar-refractivity contribution is -0.194. The summed E-state index contributed by atoms with van der Waals surface area (Å²) in [5.74, 6) is -2.79. The van der Waals surface area contributed by atoms with Crippen LogP contribution in [0.5, 0.6) is 11.5 Å². The van der Waals surface area contributed by atoms with E-state index in [9.17, 15) is 52.8 Å². The van der Waals surface area contributed by atoms with Gasteiger partial charge in [-0.2, -0.15) is 26.3 Å². The zero-order valence-electron chi connectivity index (χ0n) is 24.1. The summed E-state index contributed by atoms with van der Waals surface area (Å²) < 4.78 is 141. The van der Waals surface area contributed by atoms with E-state index in [1.54, 1.807) is 0 Å². The van der Waals surface area contributed by atoms with Crippen molar-refractivity contribution in [3.63, 3.8) is 0 Å². The number of hydrogen-bond acceptors (Lipinski definition) is 8. The van der Waals surface area contributed by atoms with Crippen LogP contribution in [-0.4, -0.2) is 63.5 Å². The van der Waals surface area contributed by atoms with E-state index < -0.39 is 66.3 Å². The quantitative estimate of drug-likeness (QED) is 0.234. The summed E-state index contributed by atoms with van der Waals surface area (Å²) in [6.45, 7) is 0. The van der Waals surface area contributed by atoms with Gasteiger partial charge >= 0.3 is 12.4 Å². The molecule has 0 bridgehead atoms. The van der Waals surface area contributed by atoms with Gasteiger partial charge in [0.25, 0.3) is 0 Å². The van der Waals surface area contributed by atoms with Gasteiger partial charge in [-0.1, -0.05) is 60.7 Å². The van der Waals surface area contributed by atoms with Crippen LogP contribution in [0.25, 0.3) is 0 Å².